The van der Waals surface area contributed by atoms with Gasteiger partial charge in [-0.3, -0.25) is 4.79 Å². The number of aryl methyl sites for hydroxylation is 3. The van der Waals surface area contributed by atoms with E-state index < -0.39 is 0 Å². The highest BCUT2D eigenvalue weighted by Gasteiger charge is 2.39. The Morgan fingerprint density at radius 3 is 2.38 bits per heavy atom. The van der Waals surface area contributed by atoms with Gasteiger partial charge in [-0.15, -0.1) is 11.3 Å². The minimum absolute atomic E-state index is 0.0108. The molecule has 1 aromatic carbocycles. The molecule has 0 bridgehead atoms. The van der Waals surface area contributed by atoms with Gasteiger partial charge < -0.3 is 10.6 Å². The fourth-order valence-corrected chi connectivity index (χ4v) is 4.97. The third kappa shape index (κ3) is 2.96. The molecule has 1 unspecified atom stereocenters. The molecular weight excluding hydrogens is 340 g/mol. The van der Waals surface area contributed by atoms with E-state index in [0.717, 1.165) is 29.1 Å². The van der Waals surface area contributed by atoms with Crippen LogP contribution in [0, 0.1) is 26.2 Å². The number of nitrogens with one attached hydrogen (secondary N) is 2. The van der Waals surface area contributed by atoms with Gasteiger partial charge >= 0.3 is 0 Å². The zero-order valence-corrected chi connectivity index (χ0v) is 16.9. The fourth-order valence-electron chi connectivity index (χ4n) is 4.03. The number of rotatable bonds is 1. The van der Waals surface area contributed by atoms with E-state index in [4.69, 9.17) is 0 Å². The number of benzene rings is 1. The second-order valence-electron chi connectivity index (χ2n) is 8.47. The Morgan fingerprint density at radius 1 is 1.04 bits per heavy atom. The molecule has 0 saturated carbocycles. The van der Waals surface area contributed by atoms with Gasteiger partial charge in [-0.25, -0.2) is 0 Å². The van der Waals surface area contributed by atoms with Gasteiger partial charge in [0.2, 0.25) is 0 Å². The Labute approximate surface area is 159 Å². The summed E-state index contributed by atoms with van der Waals surface area (Å²) in [6.45, 7) is 10.7. The molecule has 0 spiro atoms. The molecule has 1 aromatic heterocycles. The maximum atomic E-state index is 13.1. The molecule has 1 aliphatic heterocycles. The molecule has 4 rings (SSSR count). The Bertz CT molecular complexity index is 936. The fraction of sp³-hybridized carbons (Fsp3) is 0.409. The molecule has 2 heterocycles. The summed E-state index contributed by atoms with van der Waals surface area (Å²) in [5.74, 6) is 0.258. The summed E-state index contributed by atoms with van der Waals surface area (Å²) in [5.41, 5.74) is 6.64. The van der Waals surface area contributed by atoms with E-state index in [1.807, 2.05) is 0 Å². The van der Waals surface area contributed by atoms with E-state index in [1.54, 1.807) is 11.3 Å². The lowest BCUT2D eigenvalue weighted by molar-refractivity contribution is -0.118. The molecule has 2 aliphatic rings. The lowest BCUT2D eigenvalue weighted by atomic mass is 9.74. The lowest BCUT2D eigenvalue weighted by Gasteiger charge is -2.33. The van der Waals surface area contributed by atoms with Crippen LogP contribution in [0.25, 0.3) is 0 Å². The van der Waals surface area contributed by atoms with Crippen molar-refractivity contribution in [3.05, 3.63) is 56.4 Å². The predicted octanol–water partition coefficient (Wildman–Crippen LogP) is 5.90. The molecule has 136 valence electrons. The zero-order chi connectivity index (χ0) is 18.6. The van der Waals surface area contributed by atoms with E-state index in [1.165, 1.54) is 20.9 Å². The van der Waals surface area contributed by atoms with Gasteiger partial charge in [0.1, 0.15) is 0 Å². The Morgan fingerprint density at radius 2 is 1.73 bits per heavy atom. The minimum Gasteiger partial charge on any atom is -0.372 e. The number of Topliss-reactive ketones (excluding diaryl/α,β-unsaturated/α-hetero) is 1. The van der Waals surface area contributed by atoms with Crippen LogP contribution in [-0.4, -0.2) is 5.78 Å². The van der Waals surface area contributed by atoms with Gasteiger partial charge in [0.15, 0.2) is 5.78 Å². The first-order chi connectivity index (χ1) is 12.2. The zero-order valence-electron chi connectivity index (χ0n) is 16.1. The molecular formula is C22H26N2OS. The van der Waals surface area contributed by atoms with E-state index in [0.29, 0.717) is 6.42 Å². The maximum Gasteiger partial charge on any atom is 0.163 e. The van der Waals surface area contributed by atoms with Crippen molar-refractivity contribution in [2.75, 3.05) is 10.6 Å². The van der Waals surface area contributed by atoms with Crippen LogP contribution in [0.4, 0.5) is 11.4 Å². The van der Waals surface area contributed by atoms with Crippen molar-refractivity contribution in [2.45, 2.75) is 53.5 Å². The molecule has 2 aromatic rings. The van der Waals surface area contributed by atoms with Gasteiger partial charge in [-0.1, -0.05) is 13.8 Å². The first-order valence-corrected chi connectivity index (χ1v) is 10.0. The number of allylic oxidation sites excluding steroid dienone is 1. The van der Waals surface area contributed by atoms with Crippen LogP contribution >= 0.6 is 11.3 Å². The van der Waals surface area contributed by atoms with E-state index in [2.05, 4.69) is 69.5 Å². The van der Waals surface area contributed by atoms with Crippen LogP contribution in [0.15, 0.2) is 35.5 Å². The van der Waals surface area contributed by atoms with Gasteiger partial charge in [0, 0.05) is 27.4 Å². The smallest absolute Gasteiger partial charge is 0.163 e. The summed E-state index contributed by atoms with van der Waals surface area (Å²) < 4.78 is 0. The number of hydrogen-bond donors (Lipinski definition) is 2. The number of thiophene rings is 1. The molecule has 2 N–H and O–H groups in total. The van der Waals surface area contributed by atoms with Crippen molar-refractivity contribution in [2.24, 2.45) is 5.41 Å². The first kappa shape index (κ1) is 17.3. The van der Waals surface area contributed by atoms with Crippen LogP contribution in [0.5, 0.6) is 0 Å². The van der Waals surface area contributed by atoms with Crippen molar-refractivity contribution in [1.29, 1.82) is 0 Å². The minimum atomic E-state index is -0.0804. The second-order valence-corrected chi connectivity index (χ2v) is 9.79. The quantitative estimate of drug-likeness (QED) is 0.660. The average Bonchev–Trinajstić information content (AvgIpc) is 2.89. The molecule has 4 heteroatoms. The summed E-state index contributed by atoms with van der Waals surface area (Å²) in [4.78, 5) is 15.6. The summed E-state index contributed by atoms with van der Waals surface area (Å²) in [6.07, 6.45) is 1.49. The molecule has 0 fully saturated rings. The highest BCUT2D eigenvalue weighted by atomic mass is 32.1. The number of ketones is 1. The SMILES string of the molecule is Cc1ccc(C2Nc3cc(C)c(C)cc3NC3=C2C(=O)CC(C)(C)C3)s1. The largest absolute Gasteiger partial charge is 0.372 e. The maximum absolute atomic E-state index is 13.1. The van der Waals surface area contributed by atoms with Crippen molar-refractivity contribution in [1.82, 2.24) is 0 Å². The highest BCUT2D eigenvalue weighted by Crippen LogP contribution is 2.46. The van der Waals surface area contributed by atoms with E-state index >= 15 is 0 Å². The van der Waals surface area contributed by atoms with Crippen LogP contribution in [0.3, 0.4) is 0 Å². The molecule has 0 radical (unpaired) electrons. The summed E-state index contributed by atoms with van der Waals surface area (Å²) >= 11 is 1.77. The standard InChI is InChI=1S/C22H26N2OS/c1-12-8-15-16(9-13(12)2)24-21(19-7-6-14(3)26-19)20-17(23-15)10-22(4,5)11-18(20)25/h6-9,21,23-24H,10-11H2,1-5H3. The third-order valence-corrected chi connectivity index (χ3v) is 6.54. The molecule has 0 saturated heterocycles. The second kappa shape index (κ2) is 5.98. The van der Waals surface area contributed by atoms with Gasteiger partial charge in [-0.05, 0) is 68.0 Å². The summed E-state index contributed by atoms with van der Waals surface area (Å²) in [7, 11) is 0. The molecule has 0 amide bonds. The molecule has 1 atom stereocenters. The average molecular weight is 367 g/mol. The van der Waals surface area contributed by atoms with Crippen molar-refractivity contribution in [3.8, 4) is 0 Å². The van der Waals surface area contributed by atoms with Gasteiger partial charge in [-0.2, -0.15) is 0 Å². The first-order valence-electron chi connectivity index (χ1n) is 9.21. The molecule has 3 nitrogen and oxygen atoms in total. The number of carbonyl (C=O) groups is 1. The van der Waals surface area contributed by atoms with Crippen molar-refractivity contribution in [3.63, 3.8) is 0 Å². The number of carbonyl (C=O) groups excluding carboxylic acids is 1. The summed E-state index contributed by atoms with van der Waals surface area (Å²) in [6, 6.07) is 8.60. The van der Waals surface area contributed by atoms with Crippen LogP contribution in [-0.2, 0) is 4.79 Å². The van der Waals surface area contributed by atoms with E-state index in [-0.39, 0.29) is 17.2 Å². The number of fused-ring (bicyclic) bond motifs is 1. The predicted molar refractivity (Wildman–Crippen MR) is 110 cm³/mol. The van der Waals surface area contributed by atoms with Crippen LogP contribution < -0.4 is 10.6 Å². The Kier molecular flexibility index (Phi) is 3.99. The van der Waals surface area contributed by atoms with Crippen molar-refractivity contribution >= 4 is 28.5 Å². The van der Waals surface area contributed by atoms with Crippen molar-refractivity contribution < 1.29 is 4.79 Å². The Hall–Kier alpha value is -2.07. The van der Waals surface area contributed by atoms with Gasteiger partial charge in [0.05, 0.1) is 17.4 Å². The van der Waals surface area contributed by atoms with Gasteiger partial charge in [0.25, 0.3) is 0 Å². The third-order valence-electron chi connectivity index (χ3n) is 5.47. The molecule has 1 aliphatic carbocycles. The monoisotopic (exact) mass is 366 g/mol. The molecule has 26 heavy (non-hydrogen) atoms. The van der Waals surface area contributed by atoms with Crippen LogP contribution in [0.1, 0.15) is 53.6 Å². The number of hydrogen-bond acceptors (Lipinski definition) is 4. The highest BCUT2D eigenvalue weighted by molar-refractivity contribution is 7.12. The Balaban J connectivity index is 1.90. The lowest BCUT2D eigenvalue weighted by Crippen LogP contribution is -2.31. The topological polar surface area (TPSA) is 41.1 Å². The van der Waals surface area contributed by atoms with Crippen LogP contribution in [0.2, 0.25) is 0 Å². The normalized spacial score (nSPS) is 21.4. The van der Waals surface area contributed by atoms with E-state index in [9.17, 15) is 4.79 Å². The number of anilines is 2. The summed E-state index contributed by atoms with van der Waals surface area (Å²) in [5, 5.41) is 7.31.